The molecule has 0 fully saturated rings. The normalized spacial score (nSPS) is 12.2. The van der Waals surface area contributed by atoms with Gasteiger partial charge in [-0.2, -0.15) is 5.10 Å². The van der Waals surface area contributed by atoms with E-state index in [2.05, 4.69) is 72.8 Å². The Bertz CT molecular complexity index is 948. The predicted molar refractivity (Wildman–Crippen MR) is 117 cm³/mol. The third-order valence-corrected chi connectivity index (χ3v) is 4.71. The first-order valence-electron chi connectivity index (χ1n) is 9.83. The van der Waals surface area contributed by atoms with E-state index in [4.69, 9.17) is 0 Å². The van der Waals surface area contributed by atoms with Crippen LogP contribution >= 0.6 is 0 Å². The molecular formula is C24H29N3. The maximum absolute atomic E-state index is 4.62. The number of anilines is 1. The molecule has 140 valence electrons. The maximum Gasteiger partial charge on any atom is 0.0686 e. The second-order valence-corrected chi connectivity index (χ2v) is 6.92. The molecule has 2 heterocycles. The van der Waals surface area contributed by atoms with Crippen LogP contribution in [0.5, 0.6) is 0 Å². The minimum Gasteiger partial charge on any atom is -0.381 e. The van der Waals surface area contributed by atoms with Crippen LogP contribution in [0.4, 0.5) is 5.69 Å². The molecule has 0 unspecified atom stereocenters. The molecule has 0 saturated heterocycles. The molecule has 1 aliphatic rings. The Hall–Kier alpha value is -2.81. The Kier molecular flexibility index (Phi) is 5.80. The number of fused-ring (bicyclic) bond motifs is 1. The summed E-state index contributed by atoms with van der Waals surface area (Å²) < 4.78 is 1.99. The van der Waals surface area contributed by atoms with Gasteiger partial charge in [0.2, 0.25) is 0 Å². The zero-order valence-corrected chi connectivity index (χ0v) is 17.0. The third kappa shape index (κ3) is 3.97. The minimum absolute atomic E-state index is 0.448. The van der Waals surface area contributed by atoms with E-state index in [9.17, 15) is 0 Å². The van der Waals surface area contributed by atoms with Gasteiger partial charge in [-0.25, -0.2) is 4.68 Å². The summed E-state index contributed by atoms with van der Waals surface area (Å²) in [5, 5.41) is 8.03. The van der Waals surface area contributed by atoms with Crippen LogP contribution in [0.25, 0.3) is 22.9 Å². The fraction of sp³-hybridized carbons (Fsp3) is 0.292. The molecule has 4 rings (SSSR count). The average molecular weight is 360 g/mol. The van der Waals surface area contributed by atoms with Crippen molar-refractivity contribution in [1.82, 2.24) is 9.78 Å². The SMILES string of the molecule is CC.Cc1ccn(-c2cc(-c3ccc4c(c3)C=CCN4)ccc2C(C)C)n1. The molecule has 0 saturated carbocycles. The zero-order valence-electron chi connectivity index (χ0n) is 17.0. The summed E-state index contributed by atoms with van der Waals surface area (Å²) in [5.74, 6) is 0.448. The molecule has 27 heavy (non-hydrogen) atoms. The number of nitrogens with one attached hydrogen (secondary N) is 1. The summed E-state index contributed by atoms with van der Waals surface area (Å²) in [6, 6.07) is 15.4. The molecule has 0 spiro atoms. The lowest BCUT2D eigenvalue weighted by Crippen LogP contribution is -2.04. The van der Waals surface area contributed by atoms with Crippen LogP contribution in [-0.2, 0) is 0 Å². The van der Waals surface area contributed by atoms with Gasteiger partial charge in [0.1, 0.15) is 0 Å². The smallest absolute Gasteiger partial charge is 0.0686 e. The Morgan fingerprint density at radius 2 is 1.74 bits per heavy atom. The lowest BCUT2D eigenvalue weighted by Gasteiger charge is -2.17. The van der Waals surface area contributed by atoms with Gasteiger partial charge < -0.3 is 5.32 Å². The molecule has 3 nitrogen and oxygen atoms in total. The van der Waals surface area contributed by atoms with E-state index in [1.54, 1.807) is 0 Å². The first-order valence-corrected chi connectivity index (χ1v) is 9.83. The summed E-state index contributed by atoms with van der Waals surface area (Å²) in [6.45, 7) is 11.4. The van der Waals surface area contributed by atoms with Crippen molar-refractivity contribution in [1.29, 1.82) is 0 Å². The molecule has 1 N–H and O–H groups in total. The quantitative estimate of drug-likeness (QED) is 0.583. The van der Waals surface area contributed by atoms with Crippen LogP contribution in [0, 0.1) is 6.92 Å². The first kappa shape index (κ1) is 19.0. The lowest BCUT2D eigenvalue weighted by molar-refractivity contribution is 0.802. The Morgan fingerprint density at radius 3 is 2.44 bits per heavy atom. The number of aryl methyl sites for hydroxylation is 1. The molecule has 1 aliphatic heterocycles. The van der Waals surface area contributed by atoms with E-state index >= 15 is 0 Å². The van der Waals surface area contributed by atoms with E-state index < -0.39 is 0 Å². The second kappa shape index (κ2) is 8.26. The Balaban J connectivity index is 0.00000102. The van der Waals surface area contributed by atoms with E-state index in [0.29, 0.717) is 5.92 Å². The number of hydrogen-bond donors (Lipinski definition) is 1. The monoisotopic (exact) mass is 359 g/mol. The van der Waals surface area contributed by atoms with Crippen molar-refractivity contribution in [3.05, 3.63) is 71.6 Å². The van der Waals surface area contributed by atoms with Crippen LogP contribution in [-0.4, -0.2) is 16.3 Å². The number of nitrogens with zero attached hydrogens (tertiary/aromatic N) is 2. The molecule has 0 bridgehead atoms. The number of hydrogen-bond acceptors (Lipinski definition) is 2. The van der Waals surface area contributed by atoms with Crippen molar-refractivity contribution in [2.24, 2.45) is 0 Å². The van der Waals surface area contributed by atoms with Gasteiger partial charge in [-0.1, -0.05) is 58.0 Å². The fourth-order valence-corrected chi connectivity index (χ4v) is 3.36. The van der Waals surface area contributed by atoms with E-state index in [1.165, 1.54) is 27.9 Å². The van der Waals surface area contributed by atoms with Gasteiger partial charge in [-0.15, -0.1) is 0 Å². The van der Waals surface area contributed by atoms with Gasteiger partial charge in [0.25, 0.3) is 0 Å². The van der Waals surface area contributed by atoms with Crippen LogP contribution in [0.15, 0.2) is 54.7 Å². The van der Waals surface area contributed by atoms with Crippen molar-refractivity contribution >= 4 is 11.8 Å². The second-order valence-electron chi connectivity index (χ2n) is 6.92. The molecule has 3 heteroatoms. The van der Waals surface area contributed by atoms with Crippen molar-refractivity contribution in [3.63, 3.8) is 0 Å². The largest absolute Gasteiger partial charge is 0.381 e. The van der Waals surface area contributed by atoms with Crippen LogP contribution in [0.1, 0.15) is 50.4 Å². The van der Waals surface area contributed by atoms with Crippen molar-refractivity contribution in [2.75, 3.05) is 11.9 Å². The maximum atomic E-state index is 4.62. The Labute approximate surface area is 162 Å². The minimum atomic E-state index is 0.448. The summed E-state index contributed by atoms with van der Waals surface area (Å²) in [7, 11) is 0. The standard InChI is InChI=1S/C22H23N3.C2H6/c1-15(2)20-8-6-18(14-22(20)25-12-10-16(3)24-25)17-7-9-21-19(13-17)5-4-11-23-21;1-2/h4-10,12-15,23H,11H2,1-3H3;1-2H3. The zero-order chi connectivity index (χ0) is 19.4. The fourth-order valence-electron chi connectivity index (χ4n) is 3.36. The first-order chi connectivity index (χ1) is 13.1. The molecule has 0 aliphatic carbocycles. The van der Waals surface area contributed by atoms with Gasteiger partial charge in [0.05, 0.1) is 11.4 Å². The highest BCUT2D eigenvalue weighted by atomic mass is 15.3. The van der Waals surface area contributed by atoms with Crippen molar-refractivity contribution in [2.45, 2.75) is 40.5 Å². The van der Waals surface area contributed by atoms with Gasteiger partial charge in [0, 0.05) is 18.4 Å². The highest BCUT2D eigenvalue weighted by Crippen LogP contribution is 2.32. The molecule has 3 aromatic rings. The third-order valence-electron chi connectivity index (χ3n) is 4.71. The number of benzene rings is 2. The molecule has 0 atom stereocenters. The average Bonchev–Trinajstić information content (AvgIpc) is 3.15. The van der Waals surface area contributed by atoms with Crippen molar-refractivity contribution in [3.8, 4) is 16.8 Å². The van der Waals surface area contributed by atoms with Crippen LogP contribution in [0.3, 0.4) is 0 Å². The highest BCUT2D eigenvalue weighted by molar-refractivity contribution is 5.77. The van der Waals surface area contributed by atoms with Crippen LogP contribution in [0.2, 0.25) is 0 Å². The van der Waals surface area contributed by atoms with E-state index in [0.717, 1.165) is 17.9 Å². The van der Waals surface area contributed by atoms with Gasteiger partial charge >= 0.3 is 0 Å². The predicted octanol–water partition coefficient (Wildman–Crippen LogP) is 6.44. The lowest BCUT2D eigenvalue weighted by atomic mass is 9.95. The Morgan fingerprint density at radius 1 is 1.00 bits per heavy atom. The van der Waals surface area contributed by atoms with Crippen LogP contribution < -0.4 is 5.32 Å². The molecule has 0 amide bonds. The van der Waals surface area contributed by atoms with Crippen molar-refractivity contribution < 1.29 is 0 Å². The summed E-state index contributed by atoms with van der Waals surface area (Å²) in [6.07, 6.45) is 6.39. The topological polar surface area (TPSA) is 29.9 Å². The molecule has 1 aromatic heterocycles. The van der Waals surface area contributed by atoms with Gasteiger partial charge in [0.15, 0.2) is 0 Å². The summed E-state index contributed by atoms with van der Waals surface area (Å²) in [4.78, 5) is 0. The van der Waals surface area contributed by atoms with Gasteiger partial charge in [-0.05, 0) is 59.4 Å². The molecule has 0 radical (unpaired) electrons. The van der Waals surface area contributed by atoms with E-state index in [1.807, 2.05) is 37.7 Å². The molecular weight excluding hydrogens is 330 g/mol. The summed E-state index contributed by atoms with van der Waals surface area (Å²) in [5.41, 5.74) is 8.39. The van der Waals surface area contributed by atoms with Gasteiger partial charge in [-0.3, -0.25) is 0 Å². The number of aromatic nitrogens is 2. The number of rotatable bonds is 3. The van der Waals surface area contributed by atoms with E-state index in [-0.39, 0.29) is 0 Å². The highest BCUT2D eigenvalue weighted by Gasteiger charge is 2.12. The molecule has 2 aromatic carbocycles. The summed E-state index contributed by atoms with van der Waals surface area (Å²) >= 11 is 0.